The maximum absolute atomic E-state index is 12.0. The summed E-state index contributed by atoms with van der Waals surface area (Å²) in [7, 11) is 0. The molecule has 0 atom stereocenters. The van der Waals surface area contributed by atoms with Crippen molar-refractivity contribution in [2.45, 2.75) is 19.3 Å². The Kier molecular flexibility index (Phi) is 4.74. The zero-order chi connectivity index (χ0) is 17.8. The zero-order valence-electron chi connectivity index (χ0n) is 13.4. The summed E-state index contributed by atoms with van der Waals surface area (Å²) in [4.78, 5) is 33.2. The predicted octanol–water partition coefficient (Wildman–Crippen LogP) is 2.91. The average Bonchev–Trinajstić information content (AvgIpc) is 3.07. The average molecular weight is 340 g/mol. The number of nitrogens with one attached hydrogen (secondary N) is 1. The van der Waals surface area contributed by atoms with E-state index >= 15 is 0 Å². The third-order valence-electron chi connectivity index (χ3n) is 4.07. The van der Waals surface area contributed by atoms with E-state index in [4.69, 9.17) is 4.74 Å². The molecule has 0 heterocycles. The molecule has 0 saturated carbocycles. The zero-order valence-corrected chi connectivity index (χ0v) is 13.4. The maximum Gasteiger partial charge on any atom is 0.270 e. The molecule has 0 spiro atoms. The van der Waals surface area contributed by atoms with Gasteiger partial charge in [0.1, 0.15) is 5.75 Å². The van der Waals surface area contributed by atoms with Crippen LogP contribution < -0.4 is 10.1 Å². The van der Waals surface area contributed by atoms with Crippen LogP contribution in [-0.4, -0.2) is 23.7 Å². The number of nitrogens with zero attached hydrogens (tertiary/aromatic N) is 1. The summed E-state index contributed by atoms with van der Waals surface area (Å²) in [6, 6.07) is 9.47. The van der Waals surface area contributed by atoms with Gasteiger partial charge >= 0.3 is 0 Å². The number of nitro benzene ring substituents is 1. The number of aryl methyl sites for hydroxylation is 2. The molecule has 0 unspecified atom stereocenters. The van der Waals surface area contributed by atoms with Gasteiger partial charge in [0.25, 0.3) is 11.6 Å². The van der Waals surface area contributed by atoms with E-state index in [2.05, 4.69) is 5.32 Å². The highest BCUT2D eigenvalue weighted by Crippen LogP contribution is 2.25. The highest BCUT2D eigenvalue weighted by atomic mass is 16.6. The summed E-state index contributed by atoms with van der Waals surface area (Å²) in [6.45, 7) is -0.296. The molecular weight excluding hydrogens is 324 g/mol. The van der Waals surface area contributed by atoms with Gasteiger partial charge in [-0.1, -0.05) is 6.07 Å². The molecule has 0 radical (unpaired) electrons. The van der Waals surface area contributed by atoms with Crippen LogP contribution in [0.2, 0.25) is 0 Å². The van der Waals surface area contributed by atoms with Crippen molar-refractivity contribution in [3.05, 3.63) is 63.2 Å². The van der Waals surface area contributed by atoms with Crippen molar-refractivity contribution in [1.82, 2.24) is 0 Å². The van der Waals surface area contributed by atoms with Crippen LogP contribution >= 0.6 is 0 Å². The van der Waals surface area contributed by atoms with Crippen molar-refractivity contribution in [3.8, 4) is 5.75 Å². The summed E-state index contributed by atoms with van der Waals surface area (Å²) >= 11 is 0. The first-order chi connectivity index (χ1) is 12.1. The minimum Gasteiger partial charge on any atom is -0.483 e. The Balaban J connectivity index is 1.62. The van der Waals surface area contributed by atoms with Crippen LogP contribution in [0.15, 0.2) is 36.4 Å². The van der Waals surface area contributed by atoms with E-state index in [1.165, 1.54) is 23.3 Å². The van der Waals surface area contributed by atoms with E-state index in [1.54, 1.807) is 0 Å². The lowest BCUT2D eigenvalue weighted by molar-refractivity contribution is -0.384. The minimum atomic E-state index is -0.600. The van der Waals surface area contributed by atoms with Gasteiger partial charge in [0, 0.05) is 17.8 Å². The second-order valence-electron chi connectivity index (χ2n) is 5.77. The first-order valence-corrected chi connectivity index (χ1v) is 7.85. The van der Waals surface area contributed by atoms with Crippen molar-refractivity contribution in [1.29, 1.82) is 0 Å². The molecule has 7 heteroatoms. The summed E-state index contributed by atoms with van der Waals surface area (Å²) in [5.41, 5.74) is 3.08. The number of hydrogen-bond acceptors (Lipinski definition) is 5. The Morgan fingerprint density at radius 1 is 1.20 bits per heavy atom. The Hall–Kier alpha value is -3.22. The number of nitro groups is 1. The molecule has 128 valence electrons. The normalized spacial score (nSPS) is 12.3. The van der Waals surface area contributed by atoms with Gasteiger partial charge in [-0.25, -0.2) is 0 Å². The molecule has 2 aromatic rings. The van der Waals surface area contributed by atoms with Crippen molar-refractivity contribution < 1.29 is 19.2 Å². The first kappa shape index (κ1) is 16.6. The number of anilines is 1. The van der Waals surface area contributed by atoms with E-state index in [9.17, 15) is 19.7 Å². The molecule has 7 nitrogen and oxygen atoms in total. The Labute approximate surface area is 143 Å². The molecular formula is C18H16N2O5. The van der Waals surface area contributed by atoms with E-state index in [1.807, 2.05) is 18.2 Å². The van der Waals surface area contributed by atoms with Crippen molar-refractivity contribution in [2.75, 3.05) is 11.9 Å². The lowest BCUT2D eigenvalue weighted by atomic mass is 10.1. The van der Waals surface area contributed by atoms with Crippen LogP contribution in [0.3, 0.4) is 0 Å². The van der Waals surface area contributed by atoms with Crippen LogP contribution in [-0.2, 0) is 17.6 Å². The number of amides is 1. The highest BCUT2D eigenvalue weighted by Gasteiger charge is 2.14. The lowest BCUT2D eigenvalue weighted by Crippen LogP contribution is -2.20. The molecule has 1 N–H and O–H groups in total. The number of fused-ring (bicyclic) bond motifs is 1. The molecule has 0 bridgehead atoms. The largest absolute Gasteiger partial charge is 0.483 e. The number of aldehydes is 1. The lowest BCUT2D eigenvalue weighted by Gasteiger charge is -2.10. The topological polar surface area (TPSA) is 98.5 Å². The monoisotopic (exact) mass is 340 g/mol. The Bertz CT molecular complexity index is 847. The number of hydrogen-bond donors (Lipinski definition) is 1. The van der Waals surface area contributed by atoms with Crippen molar-refractivity contribution >= 4 is 23.6 Å². The number of benzene rings is 2. The minimum absolute atomic E-state index is 0.0273. The third-order valence-corrected chi connectivity index (χ3v) is 4.07. The van der Waals surface area contributed by atoms with Gasteiger partial charge in [0.05, 0.1) is 10.5 Å². The van der Waals surface area contributed by atoms with Crippen LogP contribution in [0.5, 0.6) is 5.75 Å². The summed E-state index contributed by atoms with van der Waals surface area (Å²) in [5.74, 6) is -0.238. The second kappa shape index (κ2) is 7.12. The molecule has 1 amide bonds. The van der Waals surface area contributed by atoms with Crippen molar-refractivity contribution in [3.63, 3.8) is 0 Å². The molecule has 0 saturated heterocycles. The van der Waals surface area contributed by atoms with E-state index in [-0.39, 0.29) is 29.5 Å². The fourth-order valence-corrected chi connectivity index (χ4v) is 2.86. The van der Waals surface area contributed by atoms with Gasteiger partial charge in [-0.3, -0.25) is 19.7 Å². The fourth-order valence-electron chi connectivity index (χ4n) is 2.86. The van der Waals surface area contributed by atoms with Gasteiger partial charge in [-0.2, -0.15) is 0 Å². The predicted molar refractivity (Wildman–Crippen MR) is 91.1 cm³/mol. The van der Waals surface area contributed by atoms with Gasteiger partial charge in [0.2, 0.25) is 0 Å². The maximum atomic E-state index is 12.0. The van der Waals surface area contributed by atoms with Gasteiger partial charge in [0.15, 0.2) is 12.9 Å². The van der Waals surface area contributed by atoms with E-state index < -0.39 is 4.92 Å². The first-order valence-electron chi connectivity index (χ1n) is 7.85. The molecule has 3 rings (SSSR count). The molecule has 0 fully saturated rings. The molecule has 0 aromatic heterocycles. The summed E-state index contributed by atoms with van der Waals surface area (Å²) in [6.07, 6.45) is 3.67. The molecule has 2 aromatic carbocycles. The third kappa shape index (κ3) is 3.82. The second-order valence-corrected chi connectivity index (χ2v) is 5.77. The fraction of sp³-hybridized carbons (Fsp3) is 0.222. The highest BCUT2D eigenvalue weighted by molar-refractivity contribution is 5.92. The van der Waals surface area contributed by atoms with Gasteiger partial charge in [-0.05, 0) is 48.6 Å². The van der Waals surface area contributed by atoms with Crippen LogP contribution in [0.4, 0.5) is 11.4 Å². The number of carbonyl (C=O) groups excluding carboxylic acids is 2. The Morgan fingerprint density at radius 2 is 2.00 bits per heavy atom. The standard InChI is InChI=1S/C18H16N2O5/c21-10-14-9-16(20(23)24)6-7-17(14)25-11-18(22)19-15-5-4-12-2-1-3-13(12)8-15/h4-10H,1-3,11H2,(H,19,22). The van der Waals surface area contributed by atoms with Crippen LogP contribution in [0.25, 0.3) is 0 Å². The molecule has 1 aliphatic carbocycles. The summed E-state index contributed by atoms with van der Waals surface area (Å²) in [5, 5.41) is 13.5. The van der Waals surface area contributed by atoms with Gasteiger partial charge < -0.3 is 10.1 Å². The number of rotatable bonds is 6. The quantitative estimate of drug-likeness (QED) is 0.495. The number of ether oxygens (including phenoxy) is 1. The number of carbonyl (C=O) groups is 2. The van der Waals surface area contributed by atoms with E-state index in [0.29, 0.717) is 12.0 Å². The van der Waals surface area contributed by atoms with E-state index in [0.717, 1.165) is 25.3 Å². The molecule has 25 heavy (non-hydrogen) atoms. The molecule has 1 aliphatic rings. The summed E-state index contributed by atoms with van der Waals surface area (Å²) < 4.78 is 5.32. The number of non-ortho nitro benzene ring substituents is 1. The molecule has 0 aliphatic heterocycles. The Morgan fingerprint density at radius 3 is 2.76 bits per heavy atom. The van der Waals surface area contributed by atoms with Gasteiger partial charge in [-0.15, -0.1) is 0 Å². The smallest absolute Gasteiger partial charge is 0.270 e. The van der Waals surface area contributed by atoms with Crippen LogP contribution in [0, 0.1) is 10.1 Å². The van der Waals surface area contributed by atoms with Crippen LogP contribution in [0.1, 0.15) is 27.9 Å². The SMILES string of the molecule is O=Cc1cc([N+](=O)[O-])ccc1OCC(=O)Nc1ccc2c(c1)CCC2. The van der Waals surface area contributed by atoms with Crippen molar-refractivity contribution in [2.24, 2.45) is 0 Å².